The predicted molar refractivity (Wildman–Crippen MR) is 120 cm³/mol. The van der Waals surface area contributed by atoms with Crippen molar-refractivity contribution in [3.05, 3.63) is 82.7 Å². The first-order chi connectivity index (χ1) is 14.7. The first-order valence-corrected chi connectivity index (χ1v) is 10.7. The van der Waals surface area contributed by atoms with Gasteiger partial charge in [0.2, 0.25) is 0 Å². The lowest BCUT2D eigenvalue weighted by atomic mass is 9.94. The number of nitrogens with zero attached hydrogens (tertiary/aromatic N) is 1. The van der Waals surface area contributed by atoms with Crippen LogP contribution in [-0.2, 0) is 25.9 Å². The Kier molecular flexibility index (Phi) is 6.24. The molecule has 0 bridgehead atoms. The van der Waals surface area contributed by atoms with E-state index in [0.717, 1.165) is 49.2 Å². The zero-order valence-corrected chi connectivity index (χ0v) is 17.7. The van der Waals surface area contributed by atoms with Crippen molar-refractivity contribution >= 4 is 5.78 Å². The number of hydrogen-bond donors (Lipinski definition) is 1. The zero-order valence-electron chi connectivity index (χ0n) is 17.7. The van der Waals surface area contributed by atoms with Crippen molar-refractivity contribution < 1.29 is 9.53 Å². The van der Waals surface area contributed by atoms with Crippen LogP contribution in [0.5, 0.6) is 5.75 Å². The summed E-state index contributed by atoms with van der Waals surface area (Å²) in [7, 11) is 0. The second kappa shape index (κ2) is 9.23. The number of nitrogens with one attached hydrogen (secondary N) is 1. The number of hydrogen-bond acceptors (Lipinski definition) is 4. The fraction of sp³-hybridized carbons (Fsp3) is 0.308. The van der Waals surface area contributed by atoms with Crippen LogP contribution in [0.3, 0.4) is 0 Å². The molecule has 1 aliphatic rings. The van der Waals surface area contributed by atoms with Gasteiger partial charge in [0.05, 0.1) is 11.3 Å². The molecular formula is C26H28N2O2. The number of ether oxygens (including phenoxy) is 1. The zero-order chi connectivity index (χ0) is 20.9. The molecule has 30 heavy (non-hydrogen) atoms. The number of aryl methyl sites for hydroxylation is 1. The van der Waals surface area contributed by atoms with Gasteiger partial charge in [-0.15, -0.1) is 0 Å². The highest BCUT2D eigenvalue weighted by Gasteiger charge is 2.17. The maximum Gasteiger partial charge on any atom is 0.163 e. The third-order valence-electron chi connectivity index (χ3n) is 5.71. The lowest BCUT2D eigenvalue weighted by Gasteiger charge is -2.16. The van der Waals surface area contributed by atoms with E-state index in [4.69, 9.17) is 4.74 Å². The number of aromatic nitrogens is 1. The minimum atomic E-state index is 0.000998. The molecule has 0 saturated carbocycles. The third-order valence-corrected chi connectivity index (χ3v) is 5.71. The van der Waals surface area contributed by atoms with Gasteiger partial charge in [-0.1, -0.05) is 37.3 Å². The number of pyridine rings is 1. The summed E-state index contributed by atoms with van der Waals surface area (Å²) >= 11 is 0. The Hall–Kier alpha value is -2.98. The minimum Gasteiger partial charge on any atom is -0.486 e. The highest BCUT2D eigenvalue weighted by atomic mass is 16.5. The van der Waals surface area contributed by atoms with E-state index in [1.165, 1.54) is 16.7 Å². The number of ketones is 1. The molecule has 0 atom stereocenters. The number of benzene rings is 2. The first kappa shape index (κ1) is 20.3. The van der Waals surface area contributed by atoms with Gasteiger partial charge in [-0.25, -0.2) is 0 Å². The molecule has 4 heteroatoms. The number of Topliss-reactive ketones (excluding diaryl/α,β-unsaturated/α-hetero) is 1. The molecule has 0 saturated heterocycles. The van der Waals surface area contributed by atoms with Crippen molar-refractivity contribution in [1.29, 1.82) is 0 Å². The van der Waals surface area contributed by atoms with Crippen LogP contribution in [0.25, 0.3) is 11.1 Å². The van der Waals surface area contributed by atoms with Crippen LogP contribution >= 0.6 is 0 Å². The molecule has 0 fully saturated rings. The monoisotopic (exact) mass is 400 g/mol. The van der Waals surface area contributed by atoms with Gasteiger partial charge in [-0.2, -0.15) is 0 Å². The van der Waals surface area contributed by atoms with Crippen molar-refractivity contribution in [2.24, 2.45) is 0 Å². The van der Waals surface area contributed by atoms with E-state index in [-0.39, 0.29) is 5.78 Å². The van der Waals surface area contributed by atoms with Gasteiger partial charge < -0.3 is 10.1 Å². The molecule has 4 rings (SSSR count). The summed E-state index contributed by atoms with van der Waals surface area (Å²) in [6.45, 7) is 6.05. The molecule has 2 aromatic carbocycles. The number of carbonyl (C=O) groups is 1. The maximum absolute atomic E-state index is 12.3. The summed E-state index contributed by atoms with van der Waals surface area (Å²) in [5.74, 6) is 0.640. The van der Waals surface area contributed by atoms with Crippen LogP contribution in [0.2, 0.25) is 0 Å². The Morgan fingerprint density at radius 1 is 1.07 bits per heavy atom. The number of carbonyl (C=O) groups excluding carboxylic acids is 1. The fourth-order valence-corrected chi connectivity index (χ4v) is 4.01. The first-order valence-electron chi connectivity index (χ1n) is 10.7. The van der Waals surface area contributed by atoms with E-state index in [1.807, 2.05) is 30.5 Å². The van der Waals surface area contributed by atoms with Gasteiger partial charge in [0, 0.05) is 11.8 Å². The summed E-state index contributed by atoms with van der Waals surface area (Å²) in [5.41, 5.74) is 7.51. The van der Waals surface area contributed by atoms with Crippen LogP contribution in [0.4, 0.5) is 0 Å². The Bertz CT molecular complexity index is 1060. The Morgan fingerprint density at radius 2 is 1.90 bits per heavy atom. The average molecular weight is 401 g/mol. The van der Waals surface area contributed by atoms with Gasteiger partial charge in [-0.3, -0.25) is 9.78 Å². The SMILES string of the molecule is CCc1ccnc(COc2c(C(C)=O)cccc2-c2ccc3c(c2)CCNCC3)c1. The standard InChI is InChI=1S/C26H28N2O2/c1-3-19-9-14-28-23(15-19)17-30-26-24(18(2)29)5-4-6-25(26)22-8-7-20-10-12-27-13-11-21(20)16-22/h4-9,14-16,27H,3,10-13,17H2,1-2H3. The van der Waals surface area contributed by atoms with Gasteiger partial charge >= 0.3 is 0 Å². The van der Waals surface area contributed by atoms with Gasteiger partial charge in [-0.05, 0) is 79.7 Å². The highest BCUT2D eigenvalue weighted by Crippen LogP contribution is 2.35. The maximum atomic E-state index is 12.3. The Labute approximate surface area is 178 Å². The van der Waals surface area contributed by atoms with Crippen molar-refractivity contribution in [1.82, 2.24) is 10.3 Å². The molecule has 0 unspecified atom stereocenters. The number of rotatable bonds is 6. The van der Waals surface area contributed by atoms with Gasteiger partial charge in [0.1, 0.15) is 12.4 Å². The molecule has 3 aromatic rings. The smallest absolute Gasteiger partial charge is 0.163 e. The molecule has 0 spiro atoms. The molecule has 0 aliphatic carbocycles. The van der Waals surface area contributed by atoms with Crippen molar-refractivity contribution in [2.45, 2.75) is 39.7 Å². The van der Waals surface area contributed by atoms with Crippen LogP contribution in [0.1, 0.15) is 46.6 Å². The summed E-state index contributed by atoms with van der Waals surface area (Å²) in [6, 6.07) is 16.5. The lowest BCUT2D eigenvalue weighted by molar-refractivity contribution is 0.101. The highest BCUT2D eigenvalue weighted by molar-refractivity contribution is 5.99. The van der Waals surface area contributed by atoms with Crippen LogP contribution < -0.4 is 10.1 Å². The van der Waals surface area contributed by atoms with Crippen LogP contribution in [0, 0.1) is 0 Å². The molecule has 4 nitrogen and oxygen atoms in total. The second-order valence-electron chi connectivity index (χ2n) is 7.77. The molecule has 1 aromatic heterocycles. The summed E-state index contributed by atoms with van der Waals surface area (Å²) in [5, 5.41) is 3.46. The lowest BCUT2D eigenvalue weighted by Crippen LogP contribution is -2.16. The molecule has 2 heterocycles. The molecule has 0 radical (unpaired) electrons. The fourth-order valence-electron chi connectivity index (χ4n) is 4.01. The van der Waals surface area contributed by atoms with Gasteiger partial charge in [0.25, 0.3) is 0 Å². The predicted octanol–water partition coefficient (Wildman–Crippen LogP) is 4.78. The quantitative estimate of drug-likeness (QED) is 0.605. The van der Waals surface area contributed by atoms with Crippen LogP contribution in [0.15, 0.2) is 54.7 Å². The number of para-hydroxylation sites is 1. The van der Waals surface area contributed by atoms with Crippen LogP contribution in [-0.4, -0.2) is 23.9 Å². The second-order valence-corrected chi connectivity index (χ2v) is 7.77. The summed E-state index contributed by atoms with van der Waals surface area (Å²) in [4.78, 5) is 16.8. The van der Waals surface area contributed by atoms with E-state index < -0.39 is 0 Å². The van der Waals surface area contributed by atoms with E-state index >= 15 is 0 Å². The normalized spacial score (nSPS) is 13.4. The van der Waals surface area contributed by atoms with Crippen molar-refractivity contribution in [3.63, 3.8) is 0 Å². The van der Waals surface area contributed by atoms with E-state index in [1.54, 1.807) is 6.92 Å². The largest absolute Gasteiger partial charge is 0.486 e. The molecule has 1 N–H and O–H groups in total. The Morgan fingerprint density at radius 3 is 2.70 bits per heavy atom. The van der Waals surface area contributed by atoms with E-state index in [0.29, 0.717) is 17.9 Å². The third kappa shape index (κ3) is 4.44. The van der Waals surface area contributed by atoms with Crippen molar-refractivity contribution in [2.75, 3.05) is 13.1 Å². The molecule has 154 valence electrons. The topological polar surface area (TPSA) is 51.2 Å². The van der Waals surface area contributed by atoms with Gasteiger partial charge in [0.15, 0.2) is 5.78 Å². The number of fused-ring (bicyclic) bond motifs is 1. The summed E-state index contributed by atoms with van der Waals surface area (Å²) < 4.78 is 6.24. The Balaban J connectivity index is 1.71. The molecule has 0 amide bonds. The molecular weight excluding hydrogens is 372 g/mol. The van der Waals surface area contributed by atoms with E-state index in [9.17, 15) is 4.79 Å². The average Bonchev–Trinajstić information content (AvgIpc) is 3.02. The molecule has 1 aliphatic heterocycles. The minimum absolute atomic E-state index is 0.000998. The van der Waals surface area contributed by atoms with Crippen molar-refractivity contribution in [3.8, 4) is 16.9 Å². The summed E-state index contributed by atoms with van der Waals surface area (Å²) in [6.07, 6.45) is 4.83. The van der Waals surface area contributed by atoms with E-state index in [2.05, 4.69) is 41.5 Å².